The summed E-state index contributed by atoms with van der Waals surface area (Å²) >= 11 is 11.4. The molecule has 0 bridgehead atoms. The van der Waals surface area contributed by atoms with Crippen molar-refractivity contribution in [1.82, 2.24) is 5.32 Å². The minimum absolute atomic E-state index is 0.272. The van der Waals surface area contributed by atoms with E-state index in [-0.39, 0.29) is 18.0 Å². The maximum atomic E-state index is 9.57. The van der Waals surface area contributed by atoms with E-state index in [0.29, 0.717) is 13.0 Å². The van der Waals surface area contributed by atoms with Gasteiger partial charge in [0.2, 0.25) is 0 Å². The SMILES string of the molecule is NC1NCCC(O)(Cl)C1CCl. The zero-order chi connectivity index (χ0) is 8.48. The molecule has 0 amide bonds. The van der Waals surface area contributed by atoms with Crippen LogP contribution in [0.2, 0.25) is 0 Å². The molecule has 3 nitrogen and oxygen atoms in total. The highest BCUT2D eigenvalue weighted by atomic mass is 35.5. The van der Waals surface area contributed by atoms with Gasteiger partial charge in [-0.05, 0) is 0 Å². The van der Waals surface area contributed by atoms with Gasteiger partial charge in [-0.2, -0.15) is 0 Å². The maximum Gasteiger partial charge on any atom is 0.146 e. The second-order valence-corrected chi connectivity index (χ2v) is 3.77. The third-order valence-corrected chi connectivity index (χ3v) is 2.83. The molecule has 1 aliphatic rings. The fraction of sp³-hybridized carbons (Fsp3) is 1.00. The molecular weight excluding hydrogens is 187 g/mol. The Balaban J connectivity index is 2.64. The summed E-state index contributed by atoms with van der Waals surface area (Å²) in [7, 11) is 0. The lowest BCUT2D eigenvalue weighted by atomic mass is 9.94. The monoisotopic (exact) mass is 198 g/mol. The summed E-state index contributed by atoms with van der Waals surface area (Å²) in [4.78, 5) is 0. The Morgan fingerprint density at radius 1 is 1.73 bits per heavy atom. The van der Waals surface area contributed by atoms with Gasteiger partial charge in [-0.1, -0.05) is 11.6 Å². The molecule has 3 atom stereocenters. The van der Waals surface area contributed by atoms with Crippen molar-refractivity contribution in [2.45, 2.75) is 17.6 Å². The second kappa shape index (κ2) is 3.46. The number of aliphatic hydroxyl groups is 1. The molecule has 1 saturated heterocycles. The van der Waals surface area contributed by atoms with Crippen LogP contribution in [-0.4, -0.2) is 28.8 Å². The topological polar surface area (TPSA) is 58.3 Å². The van der Waals surface area contributed by atoms with Crippen LogP contribution in [0.4, 0.5) is 0 Å². The second-order valence-electron chi connectivity index (χ2n) is 2.81. The van der Waals surface area contributed by atoms with Gasteiger partial charge in [-0.15, -0.1) is 11.6 Å². The molecule has 0 spiro atoms. The smallest absolute Gasteiger partial charge is 0.146 e. The highest BCUT2D eigenvalue weighted by Gasteiger charge is 2.40. The van der Waals surface area contributed by atoms with Crippen molar-refractivity contribution in [3.63, 3.8) is 0 Å². The lowest BCUT2D eigenvalue weighted by molar-refractivity contribution is 0.0248. The molecule has 3 unspecified atom stereocenters. The van der Waals surface area contributed by atoms with Crippen molar-refractivity contribution < 1.29 is 5.11 Å². The van der Waals surface area contributed by atoms with Gasteiger partial charge in [0.05, 0.1) is 6.17 Å². The standard InChI is InChI=1S/C6H12Cl2N2O/c7-3-4-5(9)10-2-1-6(4,8)11/h4-5,10-11H,1-3,9H2. The summed E-state index contributed by atoms with van der Waals surface area (Å²) in [6.45, 7) is 0.633. The number of hydrogen-bond donors (Lipinski definition) is 3. The minimum atomic E-state index is -1.23. The van der Waals surface area contributed by atoms with Crippen molar-refractivity contribution in [3.8, 4) is 0 Å². The van der Waals surface area contributed by atoms with Gasteiger partial charge in [-0.25, -0.2) is 0 Å². The van der Waals surface area contributed by atoms with Crippen molar-refractivity contribution in [2.24, 2.45) is 11.7 Å². The van der Waals surface area contributed by atoms with Gasteiger partial charge < -0.3 is 16.2 Å². The number of halogens is 2. The van der Waals surface area contributed by atoms with E-state index in [4.69, 9.17) is 28.9 Å². The van der Waals surface area contributed by atoms with E-state index in [2.05, 4.69) is 5.32 Å². The molecule has 0 aliphatic carbocycles. The number of alkyl halides is 2. The molecule has 1 fully saturated rings. The number of nitrogens with two attached hydrogens (primary N) is 1. The van der Waals surface area contributed by atoms with Crippen molar-refractivity contribution in [2.75, 3.05) is 12.4 Å². The van der Waals surface area contributed by atoms with Crippen LogP contribution >= 0.6 is 23.2 Å². The van der Waals surface area contributed by atoms with E-state index in [9.17, 15) is 5.11 Å². The average molecular weight is 199 g/mol. The summed E-state index contributed by atoms with van der Waals surface area (Å²) in [5.74, 6) is -0.00617. The zero-order valence-electron chi connectivity index (χ0n) is 6.06. The van der Waals surface area contributed by atoms with E-state index >= 15 is 0 Å². The van der Waals surface area contributed by atoms with Crippen molar-refractivity contribution in [3.05, 3.63) is 0 Å². The third-order valence-electron chi connectivity index (χ3n) is 2.02. The lowest BCUT2D eigenvalue weighted by Gasteiger charge is -2.38. The minimum Gasteiger partial charge on any atom is -0.375 e. The Kier molecular flexibility index (Phi) is 3.00. The van der Waals surface area contributed by atoms with E-state index in [1.165, 1.54) is 0 Å². The van der Waals surface area contributed by atoms with Gasteiger partial charge in [-0.3, -0.25) is 0 Å². The predicted octanol–water partition coefficient (Wildman–Crippen LogP) is 0.0469. The molecule has 5 heteroatoms. The summed E-state index contributed by atoms with van der Waals surface area (Å²) in [5.41, 5.74) is 5.63. The fourth-order valence-electron chi connectivity index (χ4n) is 1.23. The largest absolute Gasteiger partial charge is 0.375 e. The summed E-state index contributed by atoms with van der Waals surface area (Å²) in [6.07, 6.45) is 0.184. The number of nitrogens with one attached hydrogen (secondary N) is 1. The van der Waals surface area contributed by atoms with Crippen molar-refractivity contribution >= 4 is 23.2 Å². The predicted molar refractivity (Wildman–Crippen MR) is 45.6 cm³/mol. The van der Waals surface area contributed by atoms with Gasteiger partial charge >= 0.3 is 0 Å². The van der Waals surface area contributed by atoms with Crippen LogP contribution in [0.25, 0.3) is 0 Å². The van der Waals surface area contributed by atoms with Crippen LogP contribution in [0.3, 0.4) is 0 Å². The van der Waals surface area contributed by atoms with Gasteiger partial charge in [0.25, 0.3) is 0 Å². The maximum absolute atomic E-state index is 9.57. The molecule has 11 heavy (non-hydrogen) atoms. The number of piperidine rings is 1. The molecule has 1 heterocycles. The third kappa shape index (κ3) is 1.98. The Morgan fingerprint density at radius 2 is 2.36 bits per heavy atom. The van der Waals surface area contributed by atoms with E-state index in [1.807, 2.05) is 0 Å². The quantitative estimate of drug-likeness (QED) is 0.523. The first-order chi connectivity index (χ1) is 5.08. The highest BCUT2D eigenvalue weighted by Crippen LogP contribution is 2.31. The molecule has 66 valence electrons. The van der Waals surface area contributed by atoms with Crippen LogP contribution in [0.1, 0.15) is 6.42 Å². The van der Waals surface area contributed by atoms with Crippen molar-refractivity contribution in [1.29, 1.82) is 0 Å². The summed E-state index contributed by atoms with van der Waals surface area (Å²) in [6, 6.07) is 0. The first kappa shape index (κ1) is 9.55. The first-order valence-corrected chi connectivity index (χ1v) is 4.45. The van der Waals surface area contributed by atoms with Crippen LogP contribution in [0.15, 0.2) is 0 Å². The van der Waals surface area contributed by atoms with Crippen LogP contribution in [0.5, 0.6) is 0 Å². The Labute approximate surface area is 75.8 Å². The van der Waals surface area contributed by atoms with Gasteiger partial charge in [0.15, 0.2) is 0 Å². The molecule has 0 aromatic carbocycles. The van der Waals surface area contributed by atoms with Gasteiger partial charge in [0, 0.05) is 24.8 Å². The normalized spacial score (nSPS) is 45.8. The molecule has 0 aromatic heterocycles. The molecular formula is C6H12Cl2N2O. The number of hydrogen-bond acceptors (Lipinski definition) is 3. The zero-order valence-corrected chi connectivity index (χ0v) is 7.57. The Hall–Kier alpha value is 0.460. The first-order valence-electron chi connectivity index (χ1n) is 3.54. The summed E-state index contributed by atoms with van der Waals surface area (Å²) in [5, 5.41) is 11.3. The Morgan fingerprint density at radius 3 is 2.73 bits per heavy atom. The van der Waals surface area contributed by atoms with Crippen LogP contribution < -0.4 is 11.1 Å². The summed E-state index contributed by atoms with van der Waals surface area (Å²) < 4.78 is 0. The Bertz CT molecular complexity index is 143. The molecule has 0 aromatic rings. The highest BCUT2D eigenvalue weighted by molar-refractivity contribution is 6.24. The fourth-order valence-corrected chi connectivity index (χ4v) is 2.06. The van der Waals surface area contributed by atoms with Crippen LogP contribution in [0, 0.1) is 5.92 Å². The molecule has 1 aliphatic heterocycles. The number of rotatable bonds is 1. The van der Waals surface area contributed by atoms with E-state index in [0.717, 1.165) is 0 Å². The lowest BCUT2D eigenvalue weighted by Crippen LogP contribution is -2.58. The molecule has 1 rings (SSSR count). The molecule has 0 saturated carbocycles. The van der Waals surface area contributed by atoms with E-state index < -0.39 is 5.06 Å². The van der Waals surface area contributed by atoms with Crippen LogP contribution in [-0.2, 0) is 0 Å². The van der Waals surface area contributed by atoms with Gasteiger partial charge in [0.1, 0.15) is 5.06 Å². The van der Waals surface area contributed by atoms with E-state index in [1.54, 1.807) is 0 Å². The molecule has 4 N–H and O–H groups in total. The molecule has 0 radical (unpaired) electrons. The average Bonchev–Trinajstić information content (AvgIpc) is 1.86.